The highest BCUT2D eigenvalue weighted by atomic mass is 14.9. The van der Waals surface area contributed by atoms with Crippen molar-refractivity contribution in [2.24, 2.45) is 0 Å². The van der Waals surface area contributed by atoms with Gasteiger partial charge in [0.15, 0.2) is 0 Å². The Labute approximate surface area is 129 Å². The first kappa shape index (κ1) is 16.1. The molecule has 1 heterocycles. The fourth-order valence-corrected chi connectivity index (χ4v) is 2.88. The normalized spacial score (nSPS) is 11.3. The van der Waals surface area contributed by atoms with Crippen molar-refractivity contribution in [1.82, 2.24) is 10.3 Å². The van der Waals surface area contributed by atoms with Gasteiger partial charge in [-0.05, 0) is 24.6 Å². The molecule has 0 unspecified atom stereocenters. The lowest BCUT2D eigenvalue weighted by Crippen LogP contribution is -2.14. The lowest BCUT2D eigenvalue weighted by atomic mass is 10.1. The van der Waals surface area contributed by atoms with E-state index in [0.29, 0.717) is 0 Å². The molecule has 0 aliphatic carbocycles. The van der Waals surface area contributed by atoms with E-state index in [4.69, 9.17) is 0 Å². The number of hydrogen-bond donors (Lipinski definition) is 2. The van der Waals surface area contributed by atoms with E-state index < -0.39 is 0 Å². The smallest absolute Gasteiger partial charge is 0.0457 e. The van der Waals surface area contributed by atoms with Gasteiger partial charge < -0.3 is 10.3 Å². The first-order valence-electron chi connectivity index (χ1n) is 8.67. The first-order chi connectivity index (χ1) is 10.4. The van der Waals surface area contributed by atoms with E-state index in [0.717, 1.165) is 13.1 Å². The summed E-state index contributed by atoms with van der Waals surface area (Å²) in [5.74, 6) is 0. The predicted octanol–water partition coefficient (Wildman–Crippen LogP) is 5.40. The summed E-state index contributed by atoms with van der Waals surface area (Å²) < 4.78 is 0. The zero-order valence-electron chi connectivity index (χ0n) is 13.5. The quantitative estimate of drug-likeness (QED) is 0.532. The summed E-state index contributed by atoms with van der Waals surface area (Å²) in [6, 6.07) is 8.52. The summed E-state index contributed by atoms with van der Waals surface area (Å²) in [6.07, 6.45) is 13.2. The molecule has 2 heteroatoms. The Morgan fingerprint density at radius 1 is 0.905 bits per heavy atom. The van der Waals surface area contributed by atoms with E-state index in [1.807, 2.05) is 0 Å². The summed E-state index contributed by atoms with van der Waals surface area (Å²) >= 11 is 0. The van der Waals surface area contributed by atoms with Crippen LogP contribution in [-0.2, 0) is 6.54 Å². The van der Waals surface area contributed by atoms with Crippen LogP contribution in [0.5, 0.6) is 0 Å². The fourth-order valence-electron chi connectivity index (χ4n) is 2.88. The highest BCUT2D eigenvalue weighted by Crippen LogP contribution is 2.17. The van der Waals surface area contributed by atoms with Crippen LogP contribution in [0.25, 0.3) is 10.9 Å². The number of benzene rings is 1. The number of aromatic amines is 1. The van der Waals surface area contributed by atoms with Crippen molar-refractivity contribution in [2.45, 2.75) is 64.8 Å². The maximum absolute atomic E-state index is 3.57. The summed E-state index contributed by atoms with van der Waals surface area (Å²) in [5, 5.41) is 4.92. The molecular formula is C19H30N2. The van der Waals surface area contributed by atoms with Gasteiger partial charge in [0.25, 0.3) is 0 Å². The van der Waals surface area contributed by atoms with E-state index in [1.165, 1.54) is 67.8 Å². The molecule has 2 rings (SSSR count). The third-order valence-corrected chi connectivity index (χ3v) is 4.20. The zero-order chi connectivity index (χ0) is 14.8. The van der Waals surface area contributed by atoms with Gasteiger partial charge in [0.1, 0.15) is 0 Å². The molecule has 116 valence electrons. The van der Waals surface area contributed by atoms with Gasteiger partial charge in [-0.2, -0.15) is 0 Å². The third-order valence-electron chi connectivity index (χ3n) is 4.20. The molecule has 0 bridgehead atoms. The minimum absolute atomic E-state index is 0.973. The lowest BCUT2D eigenvalue weighted by Gasteiger charge is -2.04. The largest absolute Gasteiger partial charge is 0.361 e. The number of nitrogens with one attached hydrogen (secondary N) is 2. The molecule has 2 N–H and O–H groups in total. The minimum Gasteiger partial charge on any atom is -0.361 e. The van der Waals surface area contributed by atoms with Gasteiger partial charge in [-0.3, -0.25) is 0 Å². The molecular weight excluding hydrogens is 256 g/mol. The third kappa shape index (κ3) is 5.55. The van der Waals surface area contributed by atoms with Gasteiger partial charge in [0.2, 0.25) is 0 Å². The second kappa shape index (κ2) is 9.62. The summed E-state index contributed by atoms with van der Waals surface area (Å²) in [6.45, 7) is 4.38. The Bertz CT molecular complexity index is 501. The summed E-state index contributed by atoms with van der Waals surface area (Å²) in [7, 11) is 0. The minimum atomic E-state index is 0.973. The van der Waals surface area contributed by atoms with E-state index >= 15 is 0 Å². The van der Waals surface area contributed by atoms with E-state index in [2.05, 4.69) is 47.7 Å². The molecule has 2 nitrogen and oxygen atoms in total. The Morgan fingerprint density at radius 3 is 2.43 bits per heavy atom. The average Bonchev–Trinajstić information content (AvgIpc) is 2.92. The molecule has 1 aromatic heterocycles. The van der Waals surface area contributed by atoms with Crippen molar-refractivity contribution >= 4 is 10.9 Å². The van der Waals surface area contributed by atoms with Gasteiger partial charge in [0, 0.05) is 23.6 Å². The molecule has 0 spiro atoms. The number of rotatable bonds is 11. The molecule has 0 saturated carbocycles. The molecule has 2 aromatic rings. The fraction of sp³-hybridized carbons (Fsp3) is 0.579. The van der Waals surface area contributed by atoms with Crippen molar-refractivity contribution in [3.8, 4) is 0 Å². The summed E-state index contributed by atoms with van der Waals surface area (Å²) in [4.78, 5) is 3.33. The van der Waals surface area contributed by atoms with E-state index in [-0.39, 0.29) is 0 Å². The standard InChI is InChI=1S/C19H30N2/c1-2-3-4-5-6-7-8-11-14-20-15-17-16-21-19-13-10-9-12-18(17)19/h9-10,12-13,16,20-21H,2-8,11,14-15H2,1H3. The second-order valence-electron chi connectivity index (χ2n) is 6.01. The van der Waals surface area contributed by atoms with Gasteiger partial charge in [-0.25, -0.2) is 0 Å². The highest BCUT2D eigenvalue weighted by molar-refractivity contribution is 5.82. The van der Waals surface area contributed by atoms with Crippen LogP contribution in [0.2, 0.25) is 0 Å². The van der Waals surface area contributed by atoms with Crippen molar-refractivity contribution in [2.75, 3.05) is 6.54 Å². The zero-order valence-corrected chi connectivity index (χ0v) is 13.5. The van der Waals surface area contributed by atoms with Crippen LogP contribution in [0.1, 0.15) is 63.9 Å². The Balaban J connectivity index is 1.52. The van der Waals surface area contributed by atoms with Crippen LogP contribution in [0.15, 0.2) is 30.5 Å². The maximum Gasteiger partial charge on any atom is 0.0457 e. The topological polar surface area (TPSA) is 27.8 Å². The summed E-state index contributed by atoms with van der Waals surface area (Å²) in [5.41, 5.74) is 2.62. The van der Waals surface area contributed by atoms with Crippen molar-refractivity contribution in [3.63, 3.8) is 0 Å². The number of H-pyrrole nitrogens is 1. The van der Waals surface area contributed by atoms with Gasteiger partial charge in [-0.15, -0.1) is 0 Å². The van der Waals surface area contributed by atoms with E-state index in [9.17, 15) is 0 Å². The van der Waals surface area contributed by atoms with E-state index in [1.54, 1.807) is 0 Å². The number of hydrogen-bond acceptors (Lipinski definition) is 1. The molecule has 0 fully saturated rings. The number of para-hydroxylation sites is 1. The van der Waals surface area contributed by atoms with Gasteiger partial charge in [-0.1, -0.05) is 70.1 Å². The SMILES string of the molecule is CCCCCCCCCCNCc1c[nH]c2ccccc12. The van der Waals surface area contributed by atoms with Gasteiger partial charge >= 0.3 is 0 Å². The molecule has 0 aliphatic heterocycles. The molecule has 0 saturated heterocycles. The Morgan fingerprint density at radius 2 is 1.62 bits per heavy atom. The van der Waals surface area contributed by atoms with Crippen molar-refractivity contribution in [3.05, 3.63) is 36.0 Å². The van der Waals surface area contributed by atoms with Crippen LogP contribution in [0, 0.1) is 0 Å². The maximum atomic E-state index is 3.57. The van der Waals surface area contributed by atoms with Crippen LogP contribution in [0.3, 0.4) is 0 Å². The van der Waals surface area contributed by atoms with Crippen LogP contribution in [0.4, 0.5) is 0 Å². The molecule has 1 aromatic carbocycles. The Hall–Kier alpha value is -1.28. The Kier molecular flexibility index (Phi) is 7.37. The lowest BCUT2D eigenvalue weighted by molar-refractivity contribution is 0.555. The molecule has 21 heavy (non-hydrogen) atoms. The highest BCUT2D eigenvalue weighted by Gasteiger charge is 2.01. The first-order valence-corrected chi connectivity index (χ1v) is 8.67. The number of aromatic nitrogens is 1. The van der Waals surface area contributed by atoms with Gasteiger partial charge in [0.05, 0.1) is 0 Å². The molecule has 0 radical (unpaired) electrons. The molecule has 0 amide bonds. The number of fused-ring (bicyclic) bond motifs is 1. The number of unbranched alkanes of at least 4 members (excludes halogenated alkanes) is 7. The molecule has 0 aliphatic rings. The average molecular weight is 286 g/mol. The monoisotopic (exact) mass is 286 g/mol. The molecule has 0 atom stereocenters. The van der Waals surface area contributed by atoms with Crippen LogP contribution >= 0.6 is 0 Å². The van der Waals surface area contributed by atoms with Crippen LogP contribution < -0.4 is 5.32 Å². The predicted molar refractivity (Wildman–Crippen MR) is 92.6 cm³/mol. The van der Waals surface area contributed by atoms with Crippen molar-refractivity contribution < 1.29 is 0 Å². The second-order valence-corrected chi connectivity index (χ2v) is 6.01. The van der Waals surface area contributed by atoms with Crippen molar-refractivity contribution in [1.29, 1.82) is 0 Å². The van der Waals surface area contributed by atoms with Crippen LogP contribution in [-0.4, -0.2) is 11.5 Å².